The van der Waals surface area contributed by atoms with E-state index in [4.69, 9.17) is 10.3 Å². The monoisotopic (exact) mass is 257 g/mol. The fraction of sp³-hybridized carbons (Fsp3) is 0.273. The average Bonchev–Trinajstić information content (AvgIpc) is 2.77. The predicted octanol–water partition coefficient (Wildman–Crippen LogP) is 2.26. The van der Waals surface area contributed by atoms with E-state index in [1.807, 2.05) is 0 Å². The maximum Gasteiger partial charge on any atom is 0.417 e. The number of nitrogens with two attached hydrogens (primary N) is 1. The molecule has 7 heteroatoms. The molecule has 0 aliphatic rings. The normalized spacial score (nSPS) is 11.8. The summed E-state index contributed by atoms with van der Waals surface area (Å²) >= 11 is 0. The van der Waals surface area contributed by atoms with Gasteiger partial charge in [-0.25, -0.2) is 0 Å². The maximum atomic E-state index is 12.8. The first-order valence-corrected chi connectivity index (χ1v) is 5.21. The Balaban J connectivity index is 2.43. The Kier molecular flexibility index (Phi) is 3.33. The van der Waals surface area contributed by atoms with Crippen molar-refractivity contribution in [3.63, 3.8) is 0 Å². The Morgan fingerprint density at radius 2 is 1.94 bits per heavy atom. The minimum Gasteiger partial charge on any atom is -0.339 e. The lowest BCUT2D eigenvalue weighted by atomic mass is 10.1. The summed E-state index contributed by atoms with van der Waals surface area (Å²) in [6.07, 6.45) is -4.12. The van der Waals surface area contributed by atoms with E-state index in [1.54, 1.807) is 0 Å². The van der Waals surface area contributed by atoms with Crippen LogP contribution in [0.2, 0.25) is 0 Å². The molecule has 96 valence electrons. The van der Waals surface area contributed by atoms with Crippen molar-refractivity contribution in [1.82, 2.24) is 10.1 Å². The number of rotatable bonds is 3. The summed E-state index contributed by atoms with van der Waals surface area (Å²) < 4.78 is 43.2. The third-order valence-corrected chi connectivity index (χ3v) is 2.30. The minimum absolute atomic E-state index is 0.0774. The van der Waals surface area contributed by atoms with Gasteiger partial charge in [0.2, 0.25) is 11.7 Å². The van der Waals surface area contributed by atoms with Crippen LogP contribution >= 0.6 is 0 Å². The summed E-state index contributed by atoms with van der Waals surface area (Å²) in [5.41, 5.74) is 4.41. The van der Waals surface area contributed by atoms with Crippen LogP contribution in [0.4, 0.5) is 13.2 Å². The number of hydrogen-bond donors (Lipinski definition) is 1. The SMILES string of the molecule is NCCc1nc(-c2ccccc2C(F)(F)F)no1. The van der Waals surface area contributed by atoms with Gasteiger partial charge in [0.05, 0.1) is 5.56 Å². The van der Waals surface area contributed by atoms with Crippen molar-refractivity contribution >= 4 is 0 Å². The predicted molar refractivity (Wildman–Crippen MR) is 57.5 cm³/mol. The van der Waals surface area contributed by atoms with Gasteiger partial charge < -0.3 is 10.3 Å². The molecule has 0 radical (unpaired) electrons. The van der Waals surface area contributed by atoms with E-state index in [0.717, 1.165) is 6.07 Å². The molecule has 2 aromatic rings. The van der Waals surface area contributed by atoms with Crippen LogP contribution in [-0.2, 0) is 12.6 Å². The highest BCUT2D eigenvalue weighted by molar-refractivity contribution is 5.60. The zero-order chi connectivity index (χ0) is 13.2. The first-order valence-electron chi connectivity index (χ1n) is 5.21. The number of alkyl halides is 3. The number of aromatic nitrogens is 2. The molecule has 0 spiro atoms. The summed E-state index contributed by atoms with van der Waals surface area (Å²) in [5, 5.41) is 3.54. The van der Waals surface area contributed by atoms with Gasteiger partial charge in [-0.1, -0.05) is 23.4 Å². The number of hydrogen-bond acceptors (Lipinski definition) is 4. The molecule has 0 unspecified atom stereocenters. The molecule has 0 fully saturated rings. The van der Waals surface area contributed by atoms with E-state index >= 15 is 0 Å². The fourth-order valence-electron chi connectivity index (χ4n) is 1.51. The molecule has 1 aromatic carbocycles. The van der Waals surface area contributed by atoms with Crippen LogP contribution in [0.25, 0.3) is 11.4 Å². The highest BCUT2D eigenvalue weighted by Gasteiger charge is 2.34. The summed E-state index contributed by atoms with van der Waals surface area (Å²) in [6, 6.07) is 5.09. The molecule has 0 bridgehead atoms. The molecule has 4 nitrogen and oxygen atoms in total. The van der Waals surface area contributed by atoms with Crippen molar-refractivity contribution in [2.75, 3.05) is 6.54 Å². The van der Waals surface area contributed by atoms with Gasteiger partial charge in [-0.15, -0.1) is 0 Å². The van der Waals surface area contributed by atoms with Crippen molar-refractivity contribution in [2.24, 2.45) is 5.73 Å². The highest BCUT2D eigenvalue weighted by atomic mass is 19.4. The molecule has 0 aliphatic heterocycles. The second-order valence-electron chi connectivity index (χ2n) is 3.59. The zero-order valence-electron chi connectivity index (χ0n) is 9.24. The molecule has 0 aliphatic carbocycles. The average molecular weight is 257 g/mol. The third-order valence-electron chi connectivity index (χ3n) is 2.30. The van der Waals surface area contributed by atoms with Gasteiger partial charge in [0, 0.05) is 18.5 Å². The minimum atomic E-state index is -4.45. The van der Waals surface area contributed by atoms with Gasteiger partial charge >= 0.3 is 6.18 Å². The van der Waals surface area contributed by atoms with Gasteiger partial charge in [-0.05, 0) is 6.07 Å². The molecule has 18 heavy (non-hydrogen) atoms. The second-order valence-corrected chi connectivity index (χ2v) is 3.59. The van der Waals surface area contributed by atoms with Crippen molar-refractivity contribution < 1.29 is 17.7 Å². The summed E-state index contributed by atoms with van der Waals surface area (Å²) in [7, 11) is 0. The van der Waals surface area contributed by atoms with Crippen LogP contribution in [0.3, 0.4) is 0 Å². The largest absolute Gasteiger partial charge is 0.417 e. The molecular weight excluding hydrogens is 247 g/mol. The van der Waals surface area contributed by atoms with Gasteiger partial charge in [0.25, 0.3) is 0 Å². The molecule has 2 rings (SSSR count). The lowest BCUT2D eigenvalue weighted by molar-refractivity contribution is -0.137. The summed E-state index contributed by atoms with van der Waals surface area (Å²) in [5.74, 6) is 0.149. The second kappa shape index (κ2) is 4.77. The molecule has 1 heterocycles. The molecule has 2 N–H and O–H groups in total. The lowest BCUT2D eigenvalue weighted by Gasteiger charge is -2.09. The molecule has 0 saturated heterocycles. The van der Waals surface area contributed by atoms with E-state index in [1.165, 1.54) is 18.2 Å². The molecule has 0 amide bonds. The topological polar surface area (TPSA) is 64.9 Å². The zero-order valence-corrected chi connectivity index (χ0v) is 9.24. The molecule has 0 atom stereocenters. The maximum absolute atomic E-state index is 12.8. The van der Waals surface area contributed by atoms with Crippen molar-refractivity contribution in [2.45, 2.75) is 12.6 Å². The van der Waals surface area contributed by atoms with Gasteiger partial charge in [0.15, 0.2) is 0 Å². The van der Waals surface area contributed by atoms with Gasteiger partial charge in [0.1, 0.15) is 0 Å². The van der Waals surface area contributed by atoms with Gasteiger partial charge in [-0.3, -0.25) is 0 Å². The number of nitrogens with zero attached hydrogens (tertiary/aromatic N) is 2. The molecule has 0 saturated carbocycles. The van der Waals surface area contributed by atoms with Crippen LogP contribution < -0.4 is 5.73 Å². The number of halogens is 3. The molecular formula is C11H10F3N3O. The number of benzene rings is 1. The van der Waals surface area contributed by atoms with E-state index in [0.29, 0.717) is 13.0 Å². The first kappa shape index (κ1) is 12.6. The van der Waals surface area contributed by atoms with Crippen LogP contribution in [0.1, 0.15) is 11.5 Å². The quantitative estimate of drug-likeness (QED) is 0.915. The Morgan fingerprint density at radius 1 is 1.22 bits per heavy atom. The Morgan fingerprint density at radius 3 is 2.61 bits per heavy atom. The van der Waals surface area contributed by atoms with Crippen LogP contribution in [-0.4, -0.2) is 16.7 Å². The first-order chi connectivity index (χ1) is 8.52. The van der Waals surface area contributed by atoms with Crippen LogP contribution in [0, 0.1) is 0 Å². The van der Waals surface area contributed by atoms with E-state index in [-0.39, 0.29) is 17.3 Å². The van der Waals surface area contributed by atoms with Crippen molar-refractivity contribution in [3.8, 4) is 11.4 Å². The molecule has 1 aromatic heterocycles. The standard InChI is InChI=1S/C11H10F3N3O/c12-11(13,14)8-4-2-1-3-7(8)10-16-9(5-6-15)18-17-10/h1-4H,5-6,15H2. The Bertz CT molecular complexity index is 536. The van der Waals surface area contributed by atoms with Gasteiger partial charge in [-0.2, -0.15) is 18.2 Å². The van der Waals surface area contributed by atoms with Crippen LogP contribution in [0.5, 0.6) is 0 Å². The summed E-state index contributed by atoms with van der Waals surface area (Å²) in [4.78, 5) is 3.89. The van der Waals surface area contributed by atoms with E-state index in [9.17, 15) is 13.2 Å². The van der Waals surface area contributed by atoms with Crippen LogP contribution in [0.15, 0.2) is 28.8 Å². The Labute approximate surface area is 101 Å². The fourth-order valence-corrected chi connectivity index (χ4v) is 1.51. The Hall–Kier alpha value is -1.89. The van der Waals surface area contributed by atoms with Crippen molar-refractivity contribution in [1.29, 1.82) is 0 Å². The van der Waals surface area contributed by atoms with E-state index in [2.05, 4.69) is 10.1 Å². The lowest BCUT2D eigenvalue weighted by Crippen LogP contribution is -2.07. The highest BCUT2D eigenvalue weighted by Crippen LogP contribution is 2.35. The smallest absolute Gasteiger partial charge is 0.339 e. The van der Waals surface area contributed by atoms with E-state index < -0.39 is 11.7 Å². The van der Waals surface area contributed by atoms with Crippen molar-refractivity contribution in [3.05, 3.63) is 35.7 Å². The summed E-state index contributed by atoms with van der Waals surface area (Å²) in [6.45, 7) is 0.294. The third kappa shape index (κ3) is 2.51.